The van der Waals surface area contributed by atoms with Crippen LogP contribution in [0.3, 0.4) is 0 Å². The van der Waals surface area contributed by atoms with Gasteiger partial charge >= 0.3 is 0 Å². The van der Waals surface area contributed by atoms with E-state index in [2.05, 4.69) is 21.0 Å². The van der Waals surface area contributed by atoms with E-state index in [1.54, 1.807) is 24.8 Å². The summed E-state index contributed by atoms with van der Waals surface area (Å²) in [6, 6.07) is 6.56. The van der Waals surface area contributed by atoms with Crippen LogP contribution in [0.25, 0.3) is 22.2 Å². The highest BCUT2D eigenvalue weighted by Gasteiger charge is 2.15. The van der Waals surface area contributed by atoms with Crippen molar-refractivity contribution in [3.63, 3.8) is 0 Å². The fraction of sp³-hybridized carbons (Fsp3) is 0. The summed E-state index contributed by atoms with van der Waals surface area (Å²) in [5.74, 6) is -0.495. The largest absolute Gasteiger partial charge is 0.366 e. The molecule has 1 amide bonds. The first kappa shape index (κ1) is 10.5. The molecule has 87 valence electrons. The van der Waals surface area contributed by atoms with Crippen LogP contribution in [0.2, 0.25) is 0 Å². The van der Waals surface area contributed by atoms with Gasteiger partial charge in [0.25, 0.3) is 0 Å². The van der Waals surface area contributed by atoms with Gasteiger partial charge in [-0.2, -0.15) is 0 Å². The van der Waals surface area contributed by atoms with Crippen LogP contribution in [0.5, 0.6) is 0 Å². The van der Waals surface area contributed by atoms with Gasteiger partial charge in [-0.3, -0.25) is 9.78 Å². The second-order valence-electron chi connectivity index (χ2n) is 3.80. The number of carbonyl (C=O) groups excluding carboxylic acids is 1. The second kappa shape index (κ2) is 3.96. The molecule has 3 aromatic rings. The van der Waals surface area contributed by atoms with Gasteiger partial charge in [-0.1, -0.05) is 0 Å². The molecule has 0 fully saturated rings. The molecule has 0 aliphatic heterocycles. The van der Waals surface area contributed by atoms with Gasteiger partial charge in [0.05, 0.1) is 5.56 Å². The number of aromatic nitrogens is 3. The maximum absolute atomic E-state index is 11.7. The minimum absolute atomic E-state index is 0.424. The summed E-state index contributed by atoms with van der Waals surface area (Å²) < 4.78 is 0. The number of hydrogen-bond donors (Lipinski definition) is 2. The number of H-pyrrole nitrogens is 1. The highest BCUT2D eigenvalue weighted by Crippen LogP contribution is 2.27. The minimum atomic E-state index is -0.495. The zero-order valence-electron chi connectivity index (χ0n) is 9.34. The average molecular weight is 237 g/mol. The van der Waals surface area contributed by atoms with Crippen LogP contribution >= 0.6 is 0 Å². The SMILES string of the molecule is NC(=O)c1c(-c2ccncc2)cnc2[nH]c[c]c12. The van der Waals surface area contributed by atoms with Crippen LogP contribution in [0.4, 0.5) is 0 Å². The van der Waals surface area contributed by atoms with E-state index in [9.17, 15) is 4.79 Å². The standard InChI is InChI=1S/C13H9N4O/c14-12(18)11-9-3-6-16-13(9)17-7-10(11)8-1-4-15-5-2-8/h1-2,4-7H,(H2,14,18)(H,16,17). The Morgan fingerprint density at radius 1 is 1.33 bits per heavy atom. The molecule has 0 aromatic carbocycles. The maximum atomic E-state index is 11.7. The Labute approximate surface area is 103 Å². The Morgan fingerprint density at radius 3 is 2.83 bits per heavy atom. The van der Waals surface area contributed by atoms with E-state index in [1.807, 2.05) is 12.1 Å². The third kappa shape index (κ3) is 1.53. The van der Waals surface area contributed by atoms with Crippen LogP contribution in [-0.4, -0.2) is 20.9 Å². The predicted octanol–water partition coefficient (Wildman–Crippen LogP) is 1.52. The number of aromatic amines is 1. The van der Waals surface area contributed by atoms with E-state index < -0.39 is 5.91 Å². The number of hydrogen-bond acceptors (Lipinski definition) is 3. The minimum Gasteiger partial charge on any atom is -0.366 e. The molecule has 0 saturated carbocycles. The molecular weight excluding hydrogens is 228 g/mol. The van der Waals surface area contributed by atoms with E-state index in [0.717, 1.165) is 5.56 Å². The number of nitrogens with two attached hydrogens (primary N) is 1. The molecule has 3 heterocycles. The molecular formula is C13H9N4O. The van der Waals surface area contributed by atoms with Gasteiger partial charge in [-0.25, -0.2) is 4.98 Å². The topological polar surface area (TPSA) is 84.7 Å². The normalized spacial score (nSPS) is 10.7. The summed E-state index contributed by atoms with van der Waals surface area (Å²) in [5, 5.41) is 0.608. The Bertz CT molecular complexity index is 718. The number of nitrogens with zero attached hydrogens (tertiary/aromatic N) is 2. The summed E-state index contributed by atoms with van der Waals surface area (Å²) in [6.45, 7) is 0. The molecule has 5 heteroatoms. The number of rotatable bonds is 2. The lowest BCUT2D eigenvalue weighted by Gasteiger charge is -2.07. The number of amides is 1. The number of pyridine rings is 2. The summed E-state index contributed by atoms with van der Waals surface area (Å²) >= 11 is 0. The lowest BCUT2D eigenvalue weighted by atomic mass is 10.0. The van der Waals surface area contributed by atoms with Crippen LogP contribution in [0.1, 0.15) is 10.4 Å². The van der Waals surface area contributed by atoms with Crippen molar-refractivity contribution in [2.24, 2.45) is 5.73 Å². The first-order valence-electron chi connectivity index (χ1n) is 5.35. The summed E-state index contributed by atoms with van der Waals surface area (Å²) in [4.78, 5) is 22.8. The zero-order valence-corrected chi connectivity index (χ0v) is 9.34. The van der Waals surface area contributed by atoms with E-state index in [1.165, 1.54) is 0 Å². The first-order valence-corrected chi connectivity index (χ1v) is 5.35. The van der Waals surface area contributed by atoms with Crippen molar-refractivity contribution < 1.29 is 4.79 Å². The van der Waals surface area contributed by atoms with E-state index in [0.29, 0.717) is 22.2 Å². The third-order valence-electron chi connectivity index (χ3n) is 2.74. The molecule has 3 N–H and O–H groups in total. The lowest BCUT2D eigenvalue weighted by molar-refractivity contribution is 0.100. The summed E-state index contributed by atoms with van der Waals surface area (Å²) in [5.41, 5.74) is 8.02. The fourth-order valence-electron chi connectivity index (χ4n) is 1.94. The summed E-state index contributed by atoms with van der Waals surface area (Å²) in [6.07, 6.45) is 6.55. The molecule has 1 radical (unpaired) electrons. The van der Waals surface area contributed by atoms with Gasteiger partial charge in [-0.05, 0) is 17.7 Å². The molecule has 0 unspecified atom stereocenters. The van der Waals surface area contributed by atoms with Crippen molar-refractivity contribution in [1.82, 2.24) is 15.0 Å². The number of fused-ring (bicyclic) bond motifs is 1. The zero-order chi connectivity index (χ0) is 12.5. The van der Waals surface area contributed by atoms with Gasteiger partial charge in [0.15, 0.2) is 0 Å². The Kier molecular flexibility index (Phi) is 2.30. The van der Waals surface area contributed by atoms with E-state index in [-0.39, 0.29) is 0 Å². The average Bonchev–Trinajstić information content (AvgIpc) is 2.86. The smallest absolute Gasteiger partial charge is 0.250 e. The molecule has 0 spiro atoms. The predicted molar refractivity (Wildman–Crippen MR) is 66.7 cm³/mol. The van der Waals surface area contributed by atoms with Gasteiger partial charge in [0.1, 0.15) is 5.65 Å². The number of nitrogens with one attached hydrogen (secondary N) is 1. The molecule has 0 bridgehead atoms. The lowest BCUT2D eigenvalue weighted by Crippen LogP contribution is -2.13. The van der Waals surface area contributed by atoms with Crippen molar-refractivity contribution >= 4 is 16.9 Å². The Hall–Kier alpha value is -2.69. The molecule has 5 nitrogen and oxygen atoms in total. The highest BCUT2D eigenvalue weighted by molar-refractivity contribution is 6.10. The van der Waals surface area contributed by atoms with Crippen molar-refractivity contribution in [3.8, 4) is 11.1 Å². The van der Waals surface area contributed by atoms with Crippen LogP contribution in [0.15, 0.2) is 36.9 Å². The maximum Gasteiger partial charge on any atom is 0.250 e. The molecule has 0 atom stereocenters. The van der Waals surface area contributed by atoms with Crippen molar-refractivity contribution in [1.29, 1.82) is 0 Å². The second-order valence-corrected chi connectivity index (χ2v) is 3.80. The monoisotopic (exact) mass is 237 g/mol. The van der Waals surface area contributed by atoms with Crippen LogP contribution in [-0.2, 0) is 0 Å². The van der Waals surface area contributed by atoms with Crippen molar-refractivity contribution in [3.05, 3.63) is 48.5 Å². The number of primary amides is 1. The third-order valence-corrected chi connectivity index (χ3v) is 2.74. The van der Waals surface area contributed by atoms with Crippen molar-refractivity contribution in [2.75, 3.05) is 0 Å². The highest BCUT2D eigenvalue weighted by atomic mass is 16.1. The molecule has 0 aliphatic rings. The van der Waals surface area contributed by atoms with Gasteiger partial charge in [0, 0.05) is 41.8 Å². The quantitative estimate of drug-likeness (QED) is 0.708. The molecule has 3 aromatic heterocycles. The van der Waals surface area contributed by atoms with E-state index in [4.69, 9.17) is 5.73 Å². The molecule has 0 saturated heterocycles. The van der Waals surface area contributed by atoms with Gasteiger partial charge in [0.2, 0.25) is 5.91 Å². The van der Waals surface area contributed by atoms with E-state index >= 15 is 0 Å². The van der Waals surface area contributed by atoms with Crippen molar-refractivity contribution in [2.45, 2.75) is 0 Å². The Balaban J connectivity index is 2.35. The molecule has 0 aliphatic carbocycles. The van der Waals surface area contributed by atoms with Crippen LogP contribution < -0.4 is 5.73 Å². The Morgan fingerprint density at radius 2 is 2.11 bits per heavy atom. The fourth-order valence-corrected chi connectivity index (χ4v) is 1.94. The first-order chi connectivity index (χ1) is 8.77. The molecule has 18 heavy (non-hydrogen) atoms. The van der Waals surface area contributed by atoms with Crippen LogP contribution in [0, 0.1) is 6.07 Å². The van der Waals surface area contributed by atoms with Gasteiger partial charge < -0.3 is 10.7 Å². The number of carbonyl (C=O) groups is 1. The molecule has 3 rings (SSSR count). The summed E-state index contributed by atoms with van der Waals surface area (Å²) in [7, 11) is 0. The van der Waals surface area contributed by atoms with Gasteiger partial charge in [-0.15, -0.1) is 0 Å².